The van der Waals surface area contributed by atoms with Crippen LogP contribution in [0.15, 0.2) is 12.1 Å². The maximum Gasteiger partial charge on any atom is 0.307 e. The van der Waals surface area contributed by atoms with Crippen LogP contribution in [-0.2, 0) is 21.4 Å². The number of hydrogen-bond acceptors (Lipinski definition) is 4. The minimum Gasteiger partial charge on any atom is -0.481 e. The van der Waals surface area contributed by atoms with Crippen LogP contribution in [0.5, 0.6) is 0 Å². The quantitative estimate of drug-likeness (QED) is 0.895. The number of carboxylic acids is 1. The van der Waals surface area contributed by atoms with Crippen molar-refractivity contribution in [1.29, 1.82) is 0 Å². The van der Waals surface area contributed by atoms with Gasteiger partial charge in [0.15, 0.2) is 0 Å². The van der Waals surface area contributed by atoms with Crippen LogP contribution in [0.3, 0.4) is 0 Å². The van der Waals surface area contributed by atoms with Gasteiger partial charge in [0, 0.05) is 18.5 Å². The first-order chi connectivity index (χ1) is 9.32. The minimum atomic E-state index is -3.61. The van der Waals surface area contributed by atoms with Gasteiger partial charge in [-0.15, -0.1) is 11.3 Å². The molecule has 0 amide bonds. The van der Waals surface area contributed by atoms with Crippen molar-refractivity contribution in [3.8, 4) is 0 Å². The molecule has 2 unspecified atom stereocenters. The fourth-order valence-corrected chi connectivity index (χ4v) is 5.68. The number of rotatable bonds is 5. The predicted octanol–water partition coefficient (Wildman–Crippen LogP) is 2.42. The summed E-state index contributed by atoms with van der Waals surface area (Å²) in [5.74, 6) is -1.82. The zero-order valence-corrected chi connectivity index (χ0v) is 13.3. The van der Waals surface area contributed by atoms with Gasteiger partial charge in [0.05, 0.1) is 15.5 Å². The molecule has 1 heterocycles. The molecule has 1 fully saturated rings. The van der Waals surface area contributed by atoms with Crippen molar-refractivity contribution in [2.24, 2.45) is 5.92 Å². The van der Waals surface area contributed by atoms with Gasteiger partial charge in [-0.3, -0.25) is 4.79 Å². The average molecular weight is 338 g/mol. The standard InChI is InChI=1S/C12H16ClNO4S2/c1-14(7-8-5-6-11(13)19-8)20(17,18)10-4-2-3-9(10)12(15)16/h5-6,9-10H,2-4,7H2,1H3,(H,15,16). The van der Waals surface area contributed by atoms with Gasteiger partial charge in [0.1, 0.15) is 0 Å². The van der Waals surface area contributed by atoms with Gasteiger partial charge < -0.3 is 5.11 Å². The number of carboxylic acid groups (broad SMARTS) is 1. The van der Waals surface area contributed by atoms with Crippen molar-refractivity contribution >= 4 is 38.9 Å². The number of nitrogens with zero attached hydrogens (tertiary/aromatic N) is 1. The van der Waals surface area contributed by atoms with E-state index in [9.17, 15) is 13.2 Å². The molecule has 20 heavy (non-hydrogen) atoms. The Morgan fingerprint density at radius 1 is 1.50 bits per heavy atom. The highest BCUT2D eigenvalue weighted by Crippen LogP contribution is 2.33. The molecule has 0 bridgehead atoms. The van der Waals surface area contributed by atoms with Gasteiger partial charge in [0.2, 0.25) is 10.0 Å². The summed E-state index contributed by atoms with van der Waals surface area (Å²) >= 11 is 7.15. The van der Waals surface area contributed by atoms with Crippen LogP contribution < -0.4 is 0 Å². The number of thiophene rings is 1. The van der Waals surface area contributed by atoms with E-state index in [1.165, 1.54) is 22.7 Å². The average Bonchev–Trinajstić information content (AvgIpc) is 2.98. The number of carbonyl (C=O) groups is 1. The summed E-state index contributed by atoms with van der Waals surface area (Å²) in [5.41, 5.74) is 0. The summed E-state index contributed by atoms with van der Waals surface area (Å²) in [4.78, 5) is 12.0. The number of halogens is 1. The van der Waals surface area contributed by atoms with Crippen molar-refractivity contribution in [1.82, 2.24) is 4.31 Å². The molecule has 1 aromatic rings. The Morgan fingerprint density at radius 3 is 2.75 bits per heavy atom. The van der Waals surface area contributed by atoms with Crippen molar-refractivity contribution in [3.63, 3.8) is 0 Å². The summed E-state index contributed by atoms with van der Waals surface area (Å²) in [6.45, 7) is 0.225. The molecule has 1 N–H and O–H groups in total. The van der Waals surface area contributed by atoms with E-state index < -0.39 is 27.2 Å². The fraction of sp³-hybridized carbons (Fsp3) is 0.583. The Kier molecular flexibility index (Phi) is 4.73. The van der Waals surface area contributed by atoms with E-state index in [2.05, 4.69) is 0 Å². The Bertz CT molecular complexity index is 598. The van der Waals surface area contributed by atoms with Crippen molar-refractivity contribution in [3.05, 3.63) is 21.3 Å². The summed E-state index contributed by atoms with van der Waals surface area (Å²) in [6.07, 6.45) is 1.48. The lowest BCUT2D eigenvalue weighted by Gasteiger charge is -2.23. The molecule has 2 atom stereocenters. The normalized spacial score (nSPS) is 23.4. The lowest BCUT2D eigenvalue weighted by molar-refractivity contribution is -0.141. The Labute approximate surface area is 127 Å². The third kappa shape index (κ3) is 3.16. The van der Waals surface area contributed by atoms with E-state index in [0.717, 1.165) is 4.88 Å². The van der Waals surface area contributed by atoms with Crippen LogP contribution in [0.2, 0.25) is 4.34 Å². The first-order valence-electron chi connectivity index (χ1n) is 6.24. The number of sulfonamides is 1. The van der Waals surface area contributed by atoms with E-state index in [-0.39, 0.29) is 6.54 Å². The van der Waals surface area contributed by atoms with E-state index in [4.69, 9.17) is 16.7 Å². The van der Waals surface area contributed by atoms with Crippen LogP contribution in [0, 0.1) is 5.92 Å². The van der Waals surface area contributed by atoms with Gasteiger partial charge in [-0.1, -0.05) is 18.0 Å². The molecule has 1 aliphatic rings. The van der Waals surface area contributed by atoms with Gasteiger partial charge >= 0.3 is 5.97 Å². The maximum atomic E-state index is 12.5. The minimum absolute atomic E-state index is 0.225. The molecule has 0 radical (unpaired) electrons. The van der Waals surface area contributed by atoms with E-state index >= 15 is 0 Å². The smallest absolute Gasteiger partial charge is 0.307 e. The van der Waals surface area contributed by atoms with Gasteiger partial charge in [-0.25, -0.2) is 8.42 Å². The van der Waals surface area contributed by atoms with Crippen molar-refractivity contribution < 1.29 is 18.3 Å². The van der Waals surface area contributed by atoms with E-state index in [0.29, 0.717) is 23.6 Å². The second kappa shape index (κ2) is 6.01. The third-order valence-electron chi connectivity index (χ3n) is 3.59. The Hall–Kier alpha value is -0.630. The predicted molar refractivity (Wildman–Crippen MR) is 78.5 cm³/mol. The topological polar surface area (TPSA) is 74.7 Å². The molecule has 1 aliphatic carbocycles. The molecule has 0 spiro atoms. The van der Waals surface area contributed by atoms with Crippen LogP contribution in [0.25, 0.3) is 0 Å². The van der Waals surface area contributed by atoms with Crippen molar-refractivity contribution in [2.45, 2.75) is 31.1 Å². The molecule has 8 heteroatoms. The summed E-state index contributed by atoms with van der Waals surface area (Å²) in [6, 6.07) is 3.50. The van der Waals surface area contributed by atoms with Gasteiger partial charge in [0.25, 0.3) is 0 Å². The Morgan fingerprint density at radius 2 is 2.20 bits per heavy atom. The van der Waals surface area contributed by atoms with Gasteiger partial charge in [-0.2, -0.15) is 4.31 Å². The highest BCUT2D eigenvalue weighted by molar-refractivity contribution is 7.89. The molecule has 0 aromatic carbocycles. The molecule has 1 saturated carbocycles. The van der Waals surface area contributed by atoms with Crippen LogP contribution in [0.4, 0.5) is 0 Å². The van der Waals surface area contributed by atoms with E-state index in [1.54, 1.807) is 12.1 Å². The largest absolute Gasteiger partial charge is 0.481 e. The number of hydrogen-bond donors (Lipinski definition) is 1. The summed E-state index contributed by atoms with van der Waals surface area (Å²) in [7, 11) is -2.12. The molecular formula is C12H16ClNO4S2. The zero-order chi connectivity index (χ0) is 14.9. The van der Waals surface area contributed by atoms with Crippen molar-refractivity contribution in [2.75, 3.05) is 7.05 Å². The first kappa shape index (κ1) is 15.8. The highest BCUT2D eigenvalue weighted by Gasteiger charge is 2.43. The molecule has 5 nitrogen and oxygen atoms in total. The second-order valence-electron chi connectivity index (χ2n) is 4.92. The zero-order valence-electron chi connectivity index (χ0n) is 11.0. The Balaban J connectivity index is 2.15. The van der Waals surface area contributed by atoms with Crippen LogP contribution in [0.1, 0.15) is 24.1 Å². The second-order valence-corrected chi connectivity index (χ2v) is 8.98. The maximum absolute atomic E-state index is 12.5. The summed E-state index contributed by atoms with van der Waals surface area (Å²) < 4.78 is 26.8. The van der Waals surface area contributed by atoms with Crippen LogP contribution >= 0.6 is 22.9 Å². The fourth-order valence-electron chi connectivity index (χ4n) is 2.54. The van der Waals surface area contributed by atoms with Crippen LogP contribution in [-0.4, -0.2) is 36.1 Å². The lowest BCUT2D eigenvalue weighted by atomic mass is 10.1. The third-order valence-corrected chi connectivity index (χ3v) is 7.14. The SMILES string of the molecule is CN(Cc1ccc(Cl)s1)S(=O)(=O)C1CCCC1C(=O)O. The molecule has 2 rings (SSSR count). The van der Waals surface area contributed by atoms with E-state index in [1.807, 2.05) is 0 Å². The highest BCUT2D eigenvalue weighted by atomic mass is 35.5. The number of aliphatic carboxylic acids is 1. The first-order valence-corrected chi connectivity index (χ1v) is 8.94. The molecule has 1 aromatic heterocycles. The molecule has 0 aliphatic heterocycles. The lowest BCUT2D eigenvalue weighted by Crippen LogP contribution is -2.39. The molecular weight excluding hydrogens is 322 g/mol. The van der Waals surface area contributed by atoms with Gasteiger partial charge in [-0.05, 0) is 25.0 Å². The monoisotopic (exact) mass is 337 g/mol. The molecule has 0 saturated heterocycles. The summed E-state index contributed by atoms with van der Waals surface area (Å²) in [5, 5.41) is 8.30. The molecule has 112 valence electrons.